The number of nitrogens with zero attached hydrogens (tertiary/aromatic N) is 2. The third-order valence-corrected chi connectivity index (χ3v) is 5.23. The normalized spacial score (nSPS) is 20.6. The number of hydrogen-bond acceptors (Lipinski definition) is 3. The molecule has 0 radical (unpaired) electrons. The highest BCUT2D eigenvalue weighted by Crippen LogP contribution is 2.30. The summed E-state index contributed by atoms with van der Waals surface area (Å²) in [6.45, 7) is 7.49. The summed E-state index contributed by atoms with van der Waals surface area (Å²) >= 11 is 0. The van der Waals surface area contributed by atoms with Gasteiger partial charge in [-0.05, 0) is 61.9 Å². The smallest absolute Gasteiger partial charge is 0.254 e. The lowest BCUT2D eigenvalue weighted by Crippen LogP contribution is -2.51. The Morgan fingerprint density at radius 3 is 2.80 bits per heavy atom. The minimum Gasteiger partial charge on any atom is -0.334 e. The summed E-state index contributed by atoms with van der Waals surface area (Å²) < 4.78 is 0. The number of rotatable bonds is 3. The lowest BCUT2D eigenvalue weighted by molar-refractivity contribution is 0.0533. The van der Waals surface area contributed by atoms with Crippen molar-refractivity contribution in [2.24, 2.45) is 11.7 Å². The van der Waals surface area contributed by atoms with Crippen LogP contribution in [0.1, 0.15) is 41.4 Å². The molecule has 2 aromatic rings. The zero-order valence-electron chi connectivity index (χ0n) is 15.3. The van der Waals surface area contributed by atoms with E-state index in [0.29, 0.717) is 12.5 Å². The molecule has 2 heterocycles. The van der Waals surface area contributed by atoms with E-state index in [4.69, 9.17) is 5.73 Å². The number of amides is 1. The first-order chi connectivity index (χ1) is 12.0. The van der Waals surface area contributed by atoms with Gasteiger partial charge < -0.3 is 10.6 Å². The molecule has 0 spiro atoms. The van der Waals surface area contributed by atoms with Crippen LogP contribution in [0, 0.1) is 19.8 Å². The molecule has 0 saturated carbocycles. The molecular weight excluding hydrogens is 310 g/mol. The molecule has 1 amide bonds. The average molecular weight is 337 g/mol. The number of aryl methyl sites for hydroxylation is 2. The van der Waals surface area contributed by atoms with Crippen molar-refractivity contribution in [2.75, 3.05) is 13.1 Å². The minimum absolute atomic E-state index is 0.0927. The number of aromatic nitrogens is 1. The van der Waals surface area contributed by atoms with E-state index in [1.807, 2.05) is 43.0 Å². The Balaban J connectivity index is 2.04. The standard InChI is InChI=1S/C21H27N3O/c1-14-6-7-18(17-8-9-23-16(3)12-17)19(11-14)21(25)24-10-4-5-15(2)20(24)13-22/h6-9,11-12,15,20H,4-5,10,13,22H2,1-3H3. The third-order valence-electron chi connectivity index (χ3n) is 5.23. The first-order valence-electron chi connectivity index (χ1n) is 9.06. The molecule has 1 aliphatic heterocycles. The minimum atomic E-state index is 0.0927. The Labute approximate surface area is 150 Å². The first-order valence-corrected chi connectivity index (χ1v) is 9.06. The van der Waals surface area contributed by atoms with Crippen molar-refractivity contribution in [3.8, 4) is 11.1 Å². The van der Waals surface area contributed by atoms with Crippen LogP contribution in [-0.4, -0.2) is 34.9 Å². The van der Waals surface area contributed by atoms with E-state index >= 15 is 0 Å². The summed E-state index contributed by atoms with van der Waals surface area (Å²) in [6.07, 6.45) is 3.97. The van der Waals surface area contributed by atoms with Gasteiger partial charge in [0.25, 0.3) is 5.91 Å². The van der Waals surface area contributed by atoms with Gasteiger partial charge in [0, 0.05) is 36.6 Å². The van der Waals surface area contributed by atoms with Gasteiger partial charge in [-0.2, -0.15) is 0 Å². The zero-order chi connectivity index (χ0) is 18.0. The summed E-state index contributed by atoms with van der Waals surface area (Å²) in [5.74, 6) is 0.536. The highest BCUT2D eigenvalue weighted by Gasteiger charge is 2.32. The van der Waals surface area contributed by atoms with Gasteiger partial charge in [-0.3, -0.25) is 9.78 Å². The van der Waals surface area contributed by atoms with E-state index in [0.717, 1.165) is 47.3 Å². The second kappa shape index (κ2) is 7.36. The van der Waals surface area contributed by atoms with Crippen LogP contribution in [0.3, 0.4) is 0 Å². The summed E-state index contributed by atoms with van der Waals surface area (Å²) in [4.78, 5) is 19.7. The average Bonchev–Trinajstić information content (AvgIpc) is 2.60. The summed E-state index contributed by atoms with van der Waals surface area (Å²) in [6, 6.07) is 10.2. The monoisotopic (exact) mass is 337 g/mol. The van der Waals surface area contributed by atoms with Crippen LogP contribution in [0.2, 0.25) is 0 Å². The van der Waals surface area contributed by atoms with Crippen molar-refractivity contribution < 1.29 is 4.79 Å². The number of nitrogens with two attached hydrogens (primary N) is 1. The predicted molar refractivity (Wildman–Crippen MR) is 101 cm³/mol. The van der Waals surface area contributed by atoms with Crippen molar-refractivity contribution in [1.29, 1.82) is 0 Å². The largest absolute Gasteiger partial charge is 0.334 e. The van der Waals surface area contributed by atoms with E-state index in [1.165, 1.54) is 0 Å². The predicted octanol–water partition coefficient (Wildman–Crippen LogP) is 3.56. The van der Waals surface area contributed by atoms with Crippen LogP contribution in [0.15, 0.2) is 36.5 Å². The highest BCUT2D eigenvalue weighted by molar-refractivity contribution is 6.01. The molecule has 1 aliphatic rings. The van der Waals surface area contributed by atoms with Gasteiger partial charge in [0.05, 0.1) is 0 Å². The molecule has 2 atom stereocenters. The maximum Gasteiger partial charge on any atom is 0.254 e. The van der Waals surface area contributed by atoms with E-state index in [-0.39, 0.29) is 11.9 Å². The molecule has 0 bridgehead atoms. The van der Waals surface area contributed by atoms with Crippen LogP contribution in [0.25, 0.3) is 11.1 Å². The number of piperidine rings is 1. The summed E-state index contributed by atoms with van der Waals surface area (Å²) in [5.41, 5.74) is 10.8. The molecule has 1 aromatic heterocycles. The van der Waals surface area contributed by atoms with Crippen molar-refractivity contribution in [2.45, 2.75) is 39.7 Å². The first kappa shape index (κ1) is 17.6. The Bertz CT molecular complexity index is 771. The Morgan fingerprint density at radius 2 is 2.08 bits per heavy atom. The zero-order valence-corrected chi connectivity index (χ0v) is 15.3. The number of hydrogen-bond donors (Lipinski definition) is 1. The number of carbonyl (C=O) groups is 1. The SMILES string of the molecule is Cc1ccc(-c2ccnc(C)c2)c(C(=O)N2CCCC(C)C2CN)c1. The Morgan fingerprint density at radius 1 is 1.28 bits per heavy atom. The third kappa shape index (κ3) is 3.59. The van der Waals surface area contributed by atoms with Gasteiger partial charge >= 0.3 is 0 Å². The van der Waals surface area contributed by atoms with Gasteiger partial charge in [-0.15, -0.1) is 0 Å². The van der Waals surface area contributed by atoms with Gasteiger partial charge in [-0.25, -0.2) is 0 Å². The molecule has 4 heteroatoms. The van der Waals surface area contributed by atoms with Crippen molar-refractivity contribution in [1.82, 2.24) is 9.88 Å². The molecule has 4 nitrogen and oxygen atoms in total. The van der Waals surface area contributed by atoms with Crippen LogP contribution in [0.5, 0.6) is 0 Å². The summed E-state index contributed by atoms with van der Waals surface area (Å²) in [7, 11) is 0. The lowest BCUT2D eigenvalue weighted by atomic mass is 9.89. The Kier molecular flexibility index (Phi) is 5.19. The molecule has 25 heavy (non-hydrogen) atoms. The molecule has 0 aliphatic carbocycles. The Hall–Kier alpha value is -2.20. The van der Waals surface area contributed by atoms with E-state index in [2.05, 4.69) is 18.0 Å². The molecule has 1 aromatic carbocycles. The molecule has 1 fully saturated rings. The van der Waals surface area contributed by atoms with E-state index in [1.54, 1.807) is 6.20 Å². The van der Waals surface area contributed by atoms with Gasteiger partial charge in [0.15, 0.2) is 0 Å². The molecular formula is C21H27N3O. The van der Waals surface area contributed by atoms with Crippen molar-refractivity contribution in [3.05, 3.63) is 53.3 Å². The molecule has 132 valence electrons. The lowest BCUT2D eigenvalue weighted by Gasteiger charge is -2.39. The molecule has 2 N–H and O–H groups in total. The quantitative estimate of drug-likeness (QED) is 0.931. The topological polar surface area (TPSA) is 59.2 Å². The van der Waals surface area contributed by atoms with E-state index < -0.39 is 0 Å². The van der Waals surface area contributed by atoms with Crippen LogP contribution >= 0.6 is 0 Å². The van der Waals surface area contributed by atoms with Crippen LogP contribution in [-0.2, 0) is 0 Å². The maximum atomic E-state index is 13.4. The fourth-order valence-electron chi connectivity index (χ4n) is 3.82. The second-order valence-electron chi connectivity index (χ2n) is 7.16. The maximum absolute atomic E-state index is 13.4. The van der Waals surface area contributed by atoms with Gasteiger partial charge in [0.1, 0.15) is 0 Å². The fourth-order valence-corrected chi connectivity index (χ4v) is 3.82. The number of likely N-dealkylation sites (tertiary alicyclic amines) is 1. The molecule has 3 rings (SSSR count). The van der Waals surface area contributed by atoms with Gasteiger partial charge in [-0.1, -0.05) is 24.6 Å². The molecule has 1 saturated heterocycles. The highest BCUT2D eigenvalue weighted by atomic mass is 16.2. The van der Waals surface area contributed by atoms with Crippen LogP contribution < -0.4 is 5.73 Å². The number of carbonyl (C=O) groups excluding carboxylic acids is 1. The summed E-state index contributed by atoms with van der Waals surface area (Å²) in [5, 5.41) is 0. The number of benzene rings is 1. The second-order valence-corrected chi connectivity index (χ2v) is 7.16. The number of pyridine rings is 1. The van der Waals surface area contributed by atoms with Crippen molar-refractivity contribution in [3.63, 3.8) is 0 Å². The fraction of sp³-hybridized carbons (Fsp3) is 0.429. The van der Waals surface area contributed by atoms with Crippen molar-refractivity contribution >= 4 is 5.91 Å². The van der Waals surface area contributed by atoms with Crippen LogP contribution in [0.4, 0.5) is 0 Å². The molecule has 2 unspecified atom stereocenters. The van der Waals surface area contributed by atoms with E-state index in [9.17, 15) is 4.79 Å². The van der Waals surface area contributed by atoms with Gasteiger partial charge in [0.2, 0.25) is 0 Å².